The van der Waals surface area contributed by atoms with E-state index >= 15 is 0 Å². The number of hydrogen-bond donors (Lipinski definition) is 1. The molecule has 1 fully saturated rings. The molecule has 0 bridgehead atoms. The van der Waals surface area contributed by atoms with Crippen LogP contribution in [-0.2, 0) is 0 Å². The van der Waals surface area contributed by atoms with Crippen molar-refractivity contribution in [3.8, 4) is 5.75 Å². The molecule has 1 unspecified atom stereocenters. The van der Waals surface area contributed by atoms with Crippen LogP contribution in [0.15, 0.2) is 24.3 Å². The van der Waals surface area contributed by atoms with Crippen molar-refractivity contribution in [2.45, 2.75) is 57.7 Å². The summed E-state index contributed by atoms with van der Waals surface area (Å²) in [6.07, 6.45) is 5.54. The molecular formula is C17H28N2O. The van der Waals surface area contributed by atoms with E-state index in [-0.39, 0.29) is 6.10 Å². The SMILES string of the molecule is CC(C)Oc1ccc(C(CN)N(C)C2CCCC2)cc1. The number of hydrogen-bond acceptors (Lipinski definition) is 3. The van der Waals surface area contributed by atoms with E-state index in [1.54, 1.807) is 0 Å². The smallest absolute Gasteiger partial charge is 0.119 e. The van der Waals surface area contributed by atoms with Crippen LogP contribution in [0.4, 0.5) is 0 Å². The van der Waals surface area contributed by atoms with Crippen LogP contribution in [0.1, 0.15) is 51.1 Å². The highest BCUT2D eigenvalue weighted by Crippen LogP contribution is 2.30. The number of likely N-dealkylation sites (N-methyl/N-ethyl adjacent to an activating group) is 1. The molecule has 0 amide bonds. The number of ether oxygens (including phenoxy) is 1. The maximum atomic E-state index is 6.02. The van der Waals surface area contributed by atoms with Gasteiger partial charge in [-0.3, -0.25) is 4.90 Å². The molecule has 0 aliphatic heterocycles. The fraction of sp³-hybridized carbons (Fsp3) is 0.647. The highest BCUT2D eigenvalue weighted by molar-refractivity contribution is 5.29. The maximum absolute atomic E-state index is 6.02. The van der Waals surface area contributed by atoms with Crippen molar-refractivity contribution in [2.24, 2.45) is 5.73 Å². The van der Waals surface area contributed by atoms with Gasteiger partial charge in [0.15, 0.2) is 0 Å². The zero-order chi connectivity index (χ0) is 14.5. The van der Waals surface area contributed by atoms with Gasteiger partial charge < -0.3 is 10.5 Å². The quantitative estimate of drug-likeness (QED) is 0.866. The minimum absolute atomic E-state index is 0.215. The van der Waals surface area contributed by atoms with Gasteiger partial charge >= 0.3 is 0 Å². The molecular weight excluding hydrogens is 248 g/mol. The Balaban J connectivity index is 2.06. The van der Waals surface area contributed by atoms with Crippen LogP contribution in [-0.4, -0.2) is 30.6 Å². The Labute approximate surface area is 123 Å². The molecule has 0 spiro atoms. The Bertz CT molecular complexity index is 396. The second-order valence-corrected chi connectivity index (χ2v) is 6.09. The zero-order valence-electron chi connectivity index (χ0n) is 13.0. The van der Waals surface area contributed by atoms with Gasteiger partial charge in [-0.15, -0.1) is 0 Å². The van der Waals surface area contributed by atoms with E-state index in [1.165, 1.54) is 31.2 Å². The van der Waals surface area contributed by atoms with Crippen molar-refractivity contribution in [1.82, 2.24) is 4.90 Å². The number of nitrogens with two attached hydrogens (primary N) is 1. The van der Waals surface area contributed by atoms with Crippen LogP contribution in [0.25, 0.3) is 0 Å². The van der Waals surface area contributed by atoms with Crippen LogP contribution in [0, 0.1) is 0 Å². The average molecular weight is 276 g/mol. The molecule has 0 radical (unpaired) electrons. The van der Waals surface area contributed by atoms with Crippen molar-refractivity contribution in [3.63, 3.8) is 0 Å². The van der Waals surface area contributed by atoms with E-state index in [0.717, 1.165) is 5.75 Å². The third-order valence-corrected chi connectivity index (χ3v) is 4.25. The Morgan fingerprint density at radius 3 is 2.30 bits per heavy atom. The van der Waals surface area contributed by atoms with Gasteiger partial charge in [-0.1, -0.05) is 25.0 Å². The van der Waals surface area contributed by atoms with Crippen LogP contribution < -0.4 is 10.5 Å². The molecule has 2 N–H and O–H groups in total. The van der Waals surface area contributed by atoms with Crippen LogP contribution in [0.5, 0.6) is 5.75 Å². The van der Waals surface area contributed by atoms with E-state index in [4.69, 9.17) is 10.5 Å². The molecule has 20 heavy (non-hydrogen) atoms. The predicted molar refractivity (Wildman–Crippen MR) is 84.0 cm³/mol. The lowest BCUT2D eigenvalue weighted by atomic mass is 10.0. The molecule has 1 atom stereocenters. The fourth-order valence-corrected chi connectivity index (χ4v) is 3.14. The molecule has 1 saturated carbocycles. The number of rotatable bonds is 6. The van der Waals surface area contributed by atoms with Crippen molar-refractivity contribution in [3.05, 3.63) is 29.8 Å². The second-order valence-electron chi connectivity index (χ2n) is 6.09. The van der Waals surface area contributed by atoms with Crippen LogP contribution in [0.2, 0.25) is 0 Å². The molecule has 1 aliphatic carbocycles. The highest BCUT2D eigenvalue weighted by Gasteiger charge is 2.25. The van der Waals surface area contributed by atoms with Gasteiger partial charge in [0.05, 0.1) is 6.10 Å². The molecule has 1 aromatic rings. The van der Waals surface area contributed by atoms with Gasteiger partial charge in [0.25, 0.3) is 0 Å². The van der Waals surface area contributed by atoms with Gasteiger partial charge in [-0.25, -0.2) is 0 Å². The predicted octanol–water partition coefficient (Wildman–Crippen LogP) is 3.35. The average Bonchev–Trinajstić information content (AvgIpc) is 2.94. The Hall–Kier alpha value is -1.06. The summed E-state index contributed by atoms with van der Waals surface area (Å²) in [6.45, 7) is 4.76. The highest BCUT2D eigenvalue weighted by atomic mass is 16.5. The molecule has 0 heterocycles. The summed E-state index contributed by atoms with van der Waals surface area (Å²) in [6, 6.07) is 9.42. The van der Waals surface area contributed by atoms with Crippen molar-refractivity contribution >= 4 is 0 Å². The summed E-state index contributed by atoms with van der Waals surface area (Å²) < 4.78 is 5.70. The Morgan fingerprint density at radius 2 is 1.80 bits per heavy atom. The second kappa shape index (κ2) is 7.09. The molecule has 1 aliphatic rings. The van der Waals surface area contributed by atoms with Crippen molar-refractivity contribution in [1.29, 1.82) is 0 Å². The van der Waals surface area contributed by atoms with E-state index in [1.807, 2.05) is 13.8 Å². The summed E-state index contributed by atoms with van der Waals surface area (Å²) >= 11 is 0. The fourth-order valence-electron chi connectivity index (χ4n) is 3.14. The minimum Gasteiger partial charge on any atom is -0.491 e. The summed E-state index contributed by atoms with van der Waals surface area (Å²) in [5, 5.41) is 0. The third kappa shape index (κ3) is 3.74. The molecule has 3 nitrogen and oxygen atoms in total. The maximum Gasteiger partial charge on any atom is 0.119 e. The summed E-state index contributed by atoms with van der Waals surface area (Å²) in [5.41, 5.74) is 7.31. The first-order chi connectivity index (χ1) is 9.61. The molecule has 1 aromatic carbocycles. The summed E-state index contributed by atoms with van der Waals surface area (Å²) in [4.78, 5) is 2.46. The first-order valence-corrected chi connectivity index (χ1v) is 7.80. The standard InChI is InChI=1S/C17H28N2O/c1-13(2)20-16-10-8-14(9-11-16)17(12-18)19(3)15-6-4-5-7-15/h8-11,13,15,17H,4-7,12,18H2,1-3H3. The van der Waals surface area contributed by atoms with Gasteiger partial charge in [0.2, 0.25) is 0 Å². The monoisotopic (exact) mass is 276 g/mol. The topological polar surface area (TPSA) is 38.5 Å². The summed E-state index contributed by atoms with van der Waals surface area (Å²) in [7, 11) is 2.21. The van der Waals surface area contributed by atoms with E-state index in [9.17, 15) is 0 Å². The zero-order valence-corrected chi connectivity index (χ0v) is 13.0. The number of benzene rings is 1. The normalized spacial score (nSPS) is 17.9. The van der Waals surface area contributed by atoms with E-state index in [0.29, 0.717) is 18.6 Å². The molecule has 0 saturated heterocycles. The lowest BCUT2D eigenvalue weighted by Crippen LogP contribution is -2.37. The lowest BCUT2D eigenvalue weighted by Gasteiger charge is -2.32. The minimum atomic E-state index is 0.215. The molecule has 3 heteroatoms. The van der Waals surface area contributed by atoms with Crippen molar-refractivity contribution < 1.29 is 4.74 Å². The first kappa shape index (κ1) is 15.3. The molecule has 2 rings (SSSR count). The summed E-state index contributed by atoms with van der Waals surface area (Å²) in [5.74, 6) is 0.933. The largest absolute Gasteiger partial charge is 0.491 e. The van der Waals surface area contributed by atoms with E-state index in [2.05, 4.69) is 36.2 Å². The third-order valence-electron chi connectivity index (χ3n) is 4.25. The van der Waals surface area contributed by atoms with Crippen LogP contribution >= 0.6 is 0 Å². The molecule has 0 aromatic heterocycles. The van der Waals surface area contributed by atoms with Gasteiger partial charge in [0, 0.05) is 18.6 Å². The van der Waals surface area contributed by atoms with Gasteiger partial charge in [-0.05, 0) is 51.4 Å². The van der Waals surface area contributed by atoms with Crippen molar-refractivity contribution in [2.75, 3.05) is 13.6 Å². The Morgan fingerprint density at radius 1 is 1.20 bits per heavy atom. The molecule has 112 valence electrons. The lowest BCUT2D eigenvalue weighted by molar-refractivity contribution is 0.179. The Kier molecular flexibility index (Phi) is 5.44. The number of nitrogens with zero attached hydrogens (tertiary/aromatic N) is 1. The van der Waals surface area contributed by atoms with E-state index < -0.39 is 0 Å². The van der Waals surface area contributed by atoms with Gasteiger partial charge in [0.1, 0.15) is 5.75 Å². The van der Waals surface area contributed by atoms with Crippen LogP contribution in [0.3, 0.4) is 0 Å². The first-order valence-electron chi connectivity index (χ1n) is 7.80. The van der Waals surface area contributed by atoms with Gasteiger partial charge in [-0.2, -0.15) is 0 Å².